The topological polar surface area (TPSA) is 85.2 Å². The first-order valence-corrected chi connectivity index (χ1v) is 10.9. The van der Waals surface area contributed by atoms with Gasteiger partial charge in [-0.3, -0.25) is 14.7 Å². The van der Waals surface area contributed by atoms with E-state index >= 15 is 0 Å². The van der Waals surface area contributed by atoms with Crippen LogP contribution in [-0.2, 0) is 9.53 Å². The van der Waals surface area contributed by atoms with Gasteiger partial charge in [0.25, 0.3) is 0 Å². The molecule has 2 N–H and O–H groups in total. The van der Waals surface area contributed by atoms with Crippen molar-refractivity contribution in [1.82, 2.24) is 20.2 Å². The van der Waals surface area contributed by atoms with Crippen LogP contribution in [0.2, 0.25) is 0 Å². The lowest BCUT2D eigenvalue weighted by molar-refractivity contribution is -0.117. The molecule has 0 saturated carbocycles. The number of carbonyl (C=O) groups is 2. The first kappa shape index (κ1) is 22.6. The largest absolute Gasteiger partial charge is 0.383 e. The fourth-order valence-corrected chi connectivity index (χ4v) is 3.67. The first-order valence-electron chi connectivity index (χ1n) is 9.90. The van der Waals surface area contributed by atoms with Gasteiger partial charge in [0.1, 0.15) is 0 Å². The molecular weight excluding hydrogens is 412 g/mol. The van der Waals surface area contributed by atoms with Crippen molar-refractivity contribution in [2.24, 2.45) is 0 Å². The van der Waals surface area contributed by atoms with Gasteiger partial charge < -0.3 is 10.1 Å². The number of ether oxygens (including phenoxy) is 1. The molecule has 0 aliphatic carbocycles. The number of thioether (sulfide) groups is 1. The highest BCUT2D eigenvalue weighted by Gasteiger charge is 2.15. The van der Waals surface area contributed by atoms with Gasteiger partial charge in [-0.05, 0) is 43.2 Å². The first-order chi connectivity index (χ1) is 15.0. The van der Waals surface area contributed by atoms with E-state index in [0.29, 0.717) is 18.3 Å². The standard InChI is InChI=1S/C23H26N4O3S/c1-16-9-10-18(13-17(16)2)20-14-27(19-7-5-4-6-8-19)23(25-20)31-15-21(28)26-22(29)24-11-12-30-3/h4-10,13-14H,11-12,15H2,1-3H3,(H2,24,26,28,29). The monoisotopic (exact) mass is 438 g/mol. The number of hydrogen-bond donors (Lipinski definition) is 2. The van der Waals surface area contributed by atoms with Crippen LogP contribution in [0, 0.1) is 13.8 Å². The molecule has 0 saturated heterocycles. The van der Waals surface area contributed by atoms with Crippen LogP contribution in [0.1, 0.15) is 11.1 Å². The summed E-state index contributed by atoms with van der Waals surface area (Å²) in [6.45, 7) is 4.87. The van der Waals surface area contributed by atoms with Gasteiger partial charge in [0.05, 0.1) is 18.1 Å². The number of aromatic nitrogens is 2. The van der Waals surface area contributed by atoms with Crippen LogP contribution >= 0.6 is 11.8 Å². The van der Waals surface area contributed by atoms with Gasteiger partial charge in [-0.1, -0.05) is 42.1 Å². The Bertz CT molecular complexity index is 1050. The summed E-state index contributed by atoms with van der Waals surface area (Å²) in [6, 6.07) is 15.5. The van der Waals surface area contributed by atoms with Crippen molar-refractivity contribution in [3.05, 3.63) is 65.9 Å². The second kappa shape index (κ2) is 10.8. The van der Waals surface area contributed by atoms with Crippen molar-refractivity contribution in [1.29, 1.82) is 0 Å². The summed E-state index contributed by atoms with van der Waals surface area (Å²) in [5.74, 6) is -0.330. The van der Waals surface area contributed by atoms with Crippen LogP contribution in [-0.4, -0.2) is 47.5 Å². The van der Waals surface area contributed by atoms with Gasteiger partial charge in [-0.15, -0.1) is 0 Å². The molecule has 0 radical (unpaired) electrons. The lowest BCUT2D eigenvalue weighted by atomic mass is 10.0. The number of para-hydroxylation sites is 1. The van der Waals surface area contributed by atoms with Crippen molar-refractivity contribution >= 4 is 23.7 Å². The minimum absolute atomic E-state index is 0.0634. The van der Waals surface area contributed by atoms with Crippen LogP contribution in [0.5, 0.6) is 0 Å². The summed E-state index contributed by atoms with van der Waals surface area (Å²) in [6.07, 6.45) is 1.97. The lowest BCUT2D eigenvalue weighted by Crippen LogP contribution is -2.41. The van der Waals surface area contributed by atoms with Crippen molar-refractivity contribution in [2.75, 3.05) is 26.0 Å². The van der Waals surface area contributed by atoms with E-state index in [0.717, 1.165) is 16.9 Å². The molecule has 162 valence electrons. The van der Waals surface area contributed by atoms with Crippen LogP contribution in [0.3, 0.4) is 0 Å². The third-order valence-electron chi connectivity index (χ3n) is 4.69. The zero-order chi connectivity index (χ0) is 22.2. The molecule has 0 aliphatic rings. The van der Waals surface area contributed by atoms with Crippen LogP contribution in [0.4, 0.5) is 4.79 Å². The Balaban J connectivity index is 1.77. The van der Waals surface area contributed by atoms with Crippen LogP contribution in [0.25, 0.3) is 16.9 Å². The molecular formula is C23H26N4O3S. The van der Waals surface area contributed by atoms with Gasteiger partial charge in [0.15, 0.2) is 5.16 Å². The predicted octanol–water partition coefficient (Wildman–Crippen LogP) is 3.72. The van der Waals surface area contributed by atoms with E-state index in [1.54, 1.807) is 7.11 Å². The molecule has 1 aromatic heterocycles. The number of carbonyl (C=O) groups excluding carboxylic acids is 2. The number of methoxy groups -OCH3 is 1. The van der Waals surface area contributed by atoms with Crippen LogP contribution in [0.15, 0.2) is 59.9 Å². The summed E-state index contributed by atoms with van der Waals surface area (Å²) in [5, 5.41) is 5.55. The number of imidazole rings is 1. The third-order valence-corrected chi connectivity index (χ3v) is 5.64. The number of rotatable bonds is 8. The number of amides is 3. The molecule has 3 aromatic rings. The molecule has 0 aliphatic heterocycles. The molecule has 7 nitrogen and oxygen atoms in total. The van der Waals surface area contributed by atoms with Crippen molar-refractivity contribution < 1.29 is 14.3 Å². The Morgan fingerprint density at radius 2 is 1.87 bits per heavy atom. The van der Waals surface area contributed by atoms with Crippen molar-refractivity contribution in [2.45, 2.75) is 19.0 Å². The summed E-state index contributed by atoms with van der Waals surface area (Å²) >= 11 is 1.28. The normalized spacial score (nSPS) is 10.7. The molecule has 0 spiro atoms. The Morgan fingerprint density at radius 1 is 1.10 bits per heavy atom. The minimum Gasteiger partial charge on any atom is -0.383 e. The summed E-state index contributed by atoms with van der Waals surface area (Å²) < 4.78 is 6.83. The molecule has 3 rings (SSSR count). The maximum Gasteiger partial charge on any atom is 0.321 e. The SMILES string of the molecule is COCCNC(=O)NC(=O)CSc1nc(-c2ccc(C)c(C)c2)cn1-c1ccccc1. The second-order valence-electron chi connectivity index (χ2n) is 7.00. The number of hydrogen-bond acceptors (Lipinski definition) is 5. The van der Waals surface area contributed by atoms with E-state index in [1.165, 1.54) is 22.9 Å². The molecule has 0 bridgehead atoms. The Hall–Kier alpha value is -3.10. The Labute approximate surface area is 186 Å². The Morgan fingerprint density at radius 3 is 2.58 bits per heavy atom. The summed E-state index contributed by atoms with van der Waals surface area (Å²) in [7, 11) is 1.54. The average Bonchev–Trinajstić information content (AvgIpc) is 3.19. The van der Waals surface area contributed by atoms with Gasteiger partial charge in [-0.25, -0.2) is 9.78 Å². The smallest absolute Gasteiger partial charge is 0.321 e. The third kappa shape index (κ3) is 6.19. The van der Waals surface area contributed by atoms with E-state index < -0.39 is 11.9 Å². The van der Waals surface area contributed by atoms with E-state index in [-0.39, 0.29) is 5.75 Å². The quantitative estimate of drug-likeness (QED) is 0.414. The molecule has 31 heavy (non-hydrogen) atoms. The van der Waals surface area contributed by atoms with E-state index in [9.17, 15) is 9.59 Å². The molecule has 0 fully saturated rings. The second-order valence-corrected chi connectivity index (χ2v) is 7.94. The predicted molar refractivity (Wildman–Crippen MR) is 123 cm³/mol. The maximum absolute atomic E-state index is 12.2. The maximum atomic E-state index is 12.2. The zero-order valence-corrected chi connectivity index (χ0v) is 18.7. The van der Waals surface area contributed by atoms with Gasteiger partial charge >= 0.3 is 6.03 Å². The summed E-state index contributed by atoms with van der Waals surface area (Å²) in [5.41, 5.74) is 5.21. The summed E-state index contributed by atoms with van der Waals surface area (Å²) in [4.78, 5) is 28.7. The average molecular weight is 439 g/mol. The van der Waals surface area contributed by atoms with Gasteiger partial charge in [-0.2, -0.15) is 0 Å². The molecule has 1 heterocycles. The van der Waals surface area contributed by atoms with Crippen LogP contribution < -0.4 is 10.6 Å². The van der Waals surface area contributed by atoms with Crippen molar-refractivity contribution in [3.63, 3.8) is 0 Å². The van der Waals surface area contributed by atoms with E-state index in [4.69, 9.17) is 9.72 Å². The van der Waals surface area contributed by atoms with Crippen molar-refractivity contribution in [3.8, 4) is 16.9 Å². The highest BCUT2D eigenvalue weighted by atomic mass is 32.2. The molecule has 0 unspecified atom stereocenters. The van der Waals surface area contributed by atoms with Gasteiger partial charge in [0.2, 0.25) is 5.91 Å². The number of nitrogens with zero attached hydrogens (tertiary/aromatic N) is 2. The number of aryl methyl sites for hydroxylation is 2. The molecule has 2 aromatic carbocycles. The highest BCUT2D eigenvalue weighted by molar-refractivity contribution is 7.99. The molecule has 8 heteroatoms. The zero-order valence-electron chi connectivity index (χ0n) is 17.8. The van der Waals surface area contributed by atoms with Gasteiger partial charge in [0, 0.05) is 31.1 Å². The number of benzene rings is 2. The number of nitrogens with one attached hydrogen (secondary N) is 2. The minimum atomic E-state index is -0.537. The number of imide groups is 1. The number of urea groups is 1. The van der Waals surface area contributed by atoms with E-state index in [1.807, 2.05) is 47.2 Å². The van der Waals surface area contributed by atoms with E-state index in [2.05, 4.69) is 36.6 Å². The molecule has 0 atom stereocenters. The highest BCUT2D eigenvalue weighted by Crippen LogP contribution is 2.28. The molecule has 3 amide bonds. The fraction of sp³-hybridized carbons (Fsp3) is 0.261. The lowest BCUT2D eigenvalue weighted by Gasteiger charge is -2.08. The Kier molecular flexibility index (Phi) is 7.86. The fourth-order valence-electron chi connectivity index (χ4n) is 2.88.